The van der Waals surface area contributed by atoms with E-state index >= 15 is 0 Å². The highest BCUT2D eigenvalue weighted by molar-refractivity contribution is 8.13. The molecule has 9 aromatic rings. The molecule has 0 fully saturated rings. The van der Waals surface area contributed by atoms with Crippen molar-refractivity contribution in [2.45, 2.75) is 158 Å². The van der Waals surface area contributed by atoms with Crippen LogP contribution in [0.5, 0.6) is 0 Å². The van der Waals surface area contributed by atoms with Gasteiger partial charge in [0.05, 0.1) is 40.5 Å². The molecule has 0 atom stereocenters. The van der Waals surface area contributed by atoms with Gasteiger partial charge in [0.25, 0.3) is 10.0 Å². The molecule has 0 saturated carbocycles. The summed E-state index contributed by atoms with van der Waals surface area (Å²) in [5.74, 6) is -22.2. The van der Waals surface area contributed by atoms with Crippen LogP contribution in [0.3, 0.4) is 0 Å². The average molecular weight is 2140 g/mol. The fourth-order valence-electron chi connectivity index (χ4n) is 9.04. The minimum absolute atomic E-state index is 0. The molecule has 9 rings (SSSR count). The molecule has 20 nitrogen and oxygen atoms in total. The number of nitrogens with zero attached hydrogens (tertiary/aromatic N) is 3. The molecule has 0 unspecified atom stereocenters. The van der Waals surface area contributed by atoms with E-state index in [1.54, 1.807) is 0 Å². The van der Waals surface area contributed by atoms with E-state index in [9.17, 15) is 180 Å². The van der Waals surface area contributed by atoms with E-state index < -0.39 is 154 Å². The molecule has 133 heavy (non-hydrogen) atoms. The number of nitrogens with one attached hydrogen (secondary N) is 1. The zero-order valence-electron chi connectivity index (χ0n) is 66.5. The van der Waals surface area contributed by atoms with Gasteiger partial charge >= 0.3 is 80.8 Å². The van der Waals surface area contributed by atoms with E-state index in [-0.39, 0.29) is 65.8 Å². The van der Waals surface area contributed by atoms with Crippen molar-refractivity contribution in [1.29, 1.82) is 0 Å². The van der Waals surface area contributed by atoms with Crippen molar-refractivity contribution in [3.05, 3.63) is 286 Å². The highest BCUT2D eigenvalue weighted by Gasteiger charge is 2.84. The largest absolute Gasteiger partial charge is 0.544 e. The fourth-order valence-corrected chi connectivity index (χ4v) is 22.9. The maximum Gasteiger partial charge on any atom is 0.480 e. The molecule has 9 aromatic carbocycles. The van der Waals surface area contributed by atoms with Crippen LogP contribution in [-0.2, 0) is 113 Å². The number of hydrogen-bond donors (Lipinski definition) is 1. The second-order valence-electron chi connectivity index (χ2n) is 24.8. The minimum atomic E-state index is -7.88. The first-order chi connectivity index (χ1) is 60.4. The summed E-state index contributed by atoms with van der Waals surface area (Å²) in [5, 5.41) is -42.9. The van der Waals surface area contributed by atoms with Gasteiger partial charge in [-0.3, -0.25) is 0 Å². The molecule has 0 aliphatic carbocycles. The Balaban J connectivity index is 0.000000542. The van der Waals surface area contributed by atoms with Gasteiger partial charge in [0.15, 0.2) is 84.2 Å². The molecule has 0 saturated heterocycles. The lowest BCUT2D eigenvalue weighted by atomic mass is 10.2. The van der Waals surface area contributed by atoms with Crippen LogP contribution in [0.4, 0.5) is 113 Å². The predicted octanol–water partition coefficient (Wildman–Crippen LogP) is 21.5. The van der Waals surface area contributed by atoms with Gasteiger partial charge in [0.2, 0.25) is 0 Å². The molecular formula is C75H71BF26N4O16S11. The fraction of sp³-hybridized carbons (Fsp3) is 0.280. The maximum absolute atomic E-state index is 13.5. The summed E-state index contributed by atoms with van der Waals surface area (Å²) in [6.45, 7) is 2.19. The van der Waals surface area contributed by atoms with Crippen LogP contribution in [0.2, 0.25) is 6.82 Å². The Kier molecular flexibility index (Phi) is 43.7. The van der Waals surface area contributed by atoms with Crippen LogP contribution >= 0.6 is 0 Å². The van der Waals surface area contributed by atoms with Crippen LogP contribution in [0.1, 0.15) is 47.0 Å². The molecular weight excluding hydrogens is 2070 g/mol. The van der Waals surface area contributed by atoms with Crippen LogP contribution in [0, 0.1) is 0 Å². The summed E-state index contributed by atoms with van der Waals surface area (Å²) in [5.41, 5.74) is -13.3. The topological polar surface area (TPSA) is 327 Å². The van der Waals surface area contributed by atoms with Gasteiger partial charge in [0.1, 0.15) is 10.0 Å². The van der Waals surface area contributed by atoms with E-state index in [2.05, 4.69) is 286 Å². The van der Waals surface area contributed by atoms with Gasteiger partial charge in [-0.2, -0.15) is 122 Å². The van der Waals surface area contributed by atoms with Gasteiger partial charge in [-0.05, 0) is 116 Å². The molecule has 0 heterocycles. The second-order valence-corrected chi connectivity index (χ2v) is 44.1. The van der Waals surface area contributed by atoms with Crippen molar-refractivity contribution in [3.63, 3.8) is 0 Å². The lowest BCUT2D eigenvalue weighted by molar-refractivity contribution is -0.246. The van der Waals surface area contributed by atoms with Crippen LogP contribution < -0.4 is 4.72 Å². The summed E-state index contributed by atoms with van der Waals surface area (Å²) in [6.07, 6.45) is -0.341. The maximum atomic E-state index is 13.5. The molecule has 0 aliphatic rings. The van der Waals surface area contributed by atoms with Crippen LogP contribution in [-0.4, -0.2) is 149 Å². The highest BCUT2D eigenvalue weighted by atomic mass is 32.3. The van der Waals surface area contributed by atoms with Crippen molar-refractivity contribution in [2.75, 3.05) is 13.1 Å². The second kappa shape index (κ2) is 48.1. The van der Waals surface area contributed by atoms with E-state index in [0.29, 0.717) is 8.25 Å². The number of unbranched alkanes of at least 4 members (excludes halogenated alkanes) is 2. The predicted molar refractivity (Wildman–Crippen MR) is 446 cm³/mol. The molecule has 0 amide bonds. The number of benzene rings is 9. The lowest BCUT2D eigenvalue weighted by Crippen LogP contribution is -2.62. The third-order valence-electron chi connectivity index (χ3n) is 15.5. The number of alkyl halides is 24. The van der Waals surface area contributed by atoms with Crippen molar-refractivity contribution in [3.8, 4) is 0 Å². The van der Waals surface area contributed by atoms with Crippen molar-refractivity contribution >= 4 is 121 Å². The number of rotatable bonds is 33. The number of sulfonamides is 6. The Morgan fingerprint density at radius 2 is 0.436 bits per heavy atom. The van der Waals surface area contributed by atoms with Crippen molar-refractivity contribution in [2.24, 2.45) is 0 Å². The van der Waals surface area contributed by atoms with Gasteiger partial charge in [-0.15, -0.1) is 6.54 Å². The van der Waals surface area contributed by atoms with Gasteiger partial charge in [-0.1, -0.05) is 219 Å². The third-order valence-corrected chi connectivity index (χ3v) is 33.0. The monoisotopic (exact) mass is 2140 g/mol. The standard InChI is InChI=1S/3C18H15S.C8H10F9N2O6S3.C8H9F9N2O6S3.C3F8O4S2.CH3B.CH4/c3*1-4-10-16(11-5-1)19(17-12-6-2-7-13-17)18-14-8-3-9-15-18;2*1-2-3-4-18-26(20,21)6(11,12)5(9,10)7(13,14)27(22,23)19-28(24,25)8(15,16)17;4-1(5,2(6,7)16(10,12)13)3(8,9)17(11,14)15;1-2;/h3*1-15H;18H,2-4H2,1H3;2-4H2,1H3;;1H3;1H4/q3*+1;-1;-2;;;. The quantitative estimate of drug-likeness (QED) is 0.0131. The first-order valence-electron chi connectivity index (χ1n) is 35.5. The first kappa shape index (κ1) is 121. The zero-order chi connectivity index (χ0) is 101. The number of halogens is 26. The molecule has 0 aliphatic heterocycles. The van der Waals surface area contributed by atoms with E-state index in [1.165, 1.54) is 64.7 Å². The third kappa shape index (κ3) is 29.4. The first-order valence-corrected chi connectivity index (χ1v) is 50.6. The van der Waals surface area contributed by atoms with Gasteiger partial charge in [0, 0.05) is 6.54 Å². The highest BCUT2D eigenvalue weighted by Crippen LogP contribution is 2.56. The Morgan fingerprint density at radius 3 is 0.609 bits per heavy atom. The summed E-state index contributed by atoms with van der Waals surface area (Å²) in [4.78, 5) is 12.2. The zero-order valence-corrected chi connectivity index (χ0v) is 75.5. The normalized spacial score (nSPS) is 13.2. The van der Waals surface area contributed by atoms with Crippen LogP contribution in [0.15, 0.2) is 317 Å². The van der Waals surface area contributed by atoms with Crippen LogP contribution in [0.25, 0.3) is 13.0 Å². The molecule has 58 heteroatoms. The van der Waals surface area contributed by atoms with Crippen molar-refractivity contribution in [1.82, 2.24) is 4.72 Å². The molecule has 738 valence electrons. The van der Waals surface area contributed by atoms with E-state index in [4.69, 9.17) is 0 Å². The lowest BCUT2D eigenvalue weighted by Gasteiger charge is -2.38. The average Bonchev–Trinajstić information content (AvgIpc) is 0.737. The smallest absolute Gasteiger partial charge is 0.480 e. The molecule has 1 N–H and O–H groups in total. The summed E-state index contributed by atoms with van der Waals surface area (Å²) in [6, 6.07) is 96.5. The van der Waals surface area contributed by atoms with E-state index in [1.807, 2.05) is 0 Å². The Labute approximate surface area is 758 Å². The molecule has 0 bridgehead atoms. The summed E-state index contributed by atoms with van der Waals surface area (Å²) in [7, 11) is -54.8. The SMILES string of the molecule is C.CCCCNS(=O)(=O)C(F)(F)C(F)(F)C(F)(F)S(=O)(=O)[N-]S(=O)(=O)C(F)(F)F.CCCC[N-]S(=O)(=O)C(F)(F)C(F)(F)C(F)(F)S(=O)(=O)[N-]S(=O)(=O)C(F)(F)F.O=S(=O)(F)C(F)(F)C(F)(F)C(F)(F)S(=O)(=O)F.[B]C.c1ccc([S+](c2ccccc2)c2ccccc2)cc1.c1ccc([S+](c2ccccc2)c2ccccc2)cc1.c1ccc([S+](c2ccccc2)c2ccccc2)cc1. The Bertz CT molecular complexity index is 5350. The number of hydrogen-bond acceptors (Lipinski definition) is 16. The molecule has 0 spiro atoms. The Hall–Kier alpha value is -8.29. The molecule has 2 radical (unpaired) electrons. The summed E-state index contributed by atoms with van der Waals surface area (Å²) < 4.78 is 503. The Morgan fingerprint density at radius 1 is 0.263 bits per heavy atom. The van der Waals surface area contributed by atoms with Gasteiger partial charge in [-0.25, -0.2) is 55.2 Å². The minimum Gasteiger partial charge on any atom is -0.544 e. The summed E-state index contributed by atoms with van der Waals surface area (Å²) >= 11 is 0. The van der Waals surface area contributed by atoms with Crippen molar-refractivity contribution < 1.29 is 180 Å². The van der Waals surface area contributed by atoms with E-state index in [0.717, 1.165) is 4.72 Å². The molecule has 0 aromatic heterocycles. The van der Waals surface area contributed by atoms with Gasteiger partial charge < -0.3 is 13.0 Å².